The van der Waals surface area contributed by atoms with Crippen molar-refractivity contribution in [2.75, 3.05) is 18.1 Å². The second kappa shape index (κ2) is 6.09. The highest BCUT2D eigenvalue weighted by Gasteiger charge is 2.39. The number of sulfone groups is 1. The summed E-state index contributed by atoms with van der Waals surface area (Å²) in [5.41, 5.74) is 2.83. The van der Waals surface area contributed by atoms with E-state index in [2.05, 4.69) is 36.5 Å². The molecule has 4 heteroatoms. The molecule has 1 fully saturated rings. The van der Waals surface area contributed by atoms with Gasteiger partial charge in [0, 0.05) is 6.04 Å². The van der Waals surface area contributed by atoms with Crippen molar-refractivity contribution in [2.24, 2.45) is 11.8 Å². The van der Waals surface area contributed by atoms with Gasteiger partial charge in [-0.3, -0.25) is 0 Å². The van der Waals surface area contributed by atoms with Crippen LogP contribution in [0.1, 0.15) is 43.4 Å². The molecule has 3 atom stereocenters. The van der Waals surface area contributed by atoms with Gasteiger partial charge in [0.2, 0.25) is 0 Å². The predicted molar refractivity (Wildman–Crippen MR) is 86.0 cm³/mol. The van der Waals surface area contributed by atoms with E-state index in [1.54, 1.807) is 0 Å². The Labute approximate surface area is 128 Å². The highest BCUT2D eigenvalue weighted by atomic mass is 32.2. The number of aryl methyl sites for hydroxylation is 1. The topological polar surface area (TPSA) is 46.2 Å². The van der Waals surface area contributed by atoms with Gasteiger partial charge in [0.05, 0.1) is 11.5 Å². The maximum absolute atomic E-state index is 11.8. The average Bonchev–Trinajstić information content (AvgIpc) is 2.84. The van der Waals surface area contributed by atoms with Crippen LogP contribution in [0.15, 0.2) is 24.3 Å². The van der Waals surface area contributed by atoms with Crippen LogP contribution < -0.4 is 5.32 Å². The molecule has 1 aliphatic heterocycles. The second-order valence-corrected chi connectivity index (χ2v) is 8.72. The fourth-order valence-corrected chi connectivity index (χ4v) is 5.91. The standard InChI is InChI=1S/C17H25NO2S/c1-2-10-18-17-15-6-4-3-5-13(15)7-8-16(17)14-9-11-21(19,20)12-14/h3-6,14,16-18H,2,7-12H2,1H3. The molecule has 21 heavy (non-hydrogen) atoms. The van der Waals surface area contributed by atoms with E-state index in [1.165, 1.54) is 11.1 Å². The Bertz CT molecular complexity index is 597. The Hall–Kier alpha value is -0.870. The fourth-order valence-electron chi connectivity index (χ4n) is 4.02. The van der Waals surface area contributed by atoms with Gasteiger partial charge < -0.3 is 5.32 Å². The van der Waals surface area contributed by atoms with Crippen molar-refractivity contribution in [3.05, 3.63) is 35.4 Å². The molecule has 0 bridgehead atoms. The number of hydrogen-bond donors (Lipinski definition) is 1. The van der Waals surface area contributed by atoms with Crippen LogP contribution in [0, 0.1) is 11.8 Å². The van der Waals surface area contributed by atoms with Crippen LogP contribution >= 0.6 is 0 Å². The maximum atomic E-state index is 11.8. The van der Waals surface area contributed by atoms with Crippen LogP contribution in [0.25, 0.3) is 0 Å². The van der Waals surface area contributed by atoms with E-state index in [0.717, 1.165) is 32.2 Å². The molecule has 3 rings (SSSR count). The van der Waals surface area contributed by atoms with Crippen molar-refractivity contribution in [1.82, 2.24) is 5.32 Å². The smallest absolute Gasteiger partial charge is 0.150 e. The first kappa shape index (κ1) is 15.0. The summed E-state index contributed by atoms with van der Waals surface area (Å²) >= 11 is 0. The quantitative estimate of drug-likeness (QED) is 0.930. The van der Waals surface area contributed by atoms with Gasteiger partial charge in [0.15, 0.2) is 9.84 Å². The lowest BCUT2D eigenvalue weighted by atomic mass is 9.73. The normalized spacial score (nSPS) is 31.0. The van der Waals surface area contributed by atoms with E-state index in [4.69, 9.17) is 0 Å². The minimum atomic E-state index is -2.79. The average molecular weight is 307 g/mol. The van der Waals surface area contributed by atoms with Gasteiger partial charge in [0.1, 0.15) is 0 Å². The molecule has 1 aromatic rings. The Kier molecular flexibility index (Phi) is 4.36. The number of nitrogens with one attached hydrogen (secondary N) is 1. The molecule has 116 valence electrons. The largest absolute Gasteiger partial charge is 0.310 e. The van der Waals surface area contributed by atoms with Crippen LogP contribution in [0.2, 0.25) is 0 Å². The van der Waals surface area contributed by atoms with Crippen LogP contribution in [0.5, 0.6) is 0 Å². The highest BCUT2D eigenvalue weighted by molar-refractivity contribution is 7.91. The Morgan fingerprint density at radius 2 is 2.05 bits per heavy atom. The third-order valence-electron chi connectivity index (χ3n) is 5.05. The molecule has 1 N–H and O–H groups in total. The molecule has 1 heterocycles. The first-order chi connectivity index (χ1) is 10.1. The monoisotopic (exact) mass is 307 g/mol. The number of rotatable bonds is 4. The van der Waals surface area contributed by atoms with E-state index >= 15 is 0 Å². The van der Waals surface area contributed by atoms with Crippen LogP contribution in [-0.4, -0.2) is 26.5 Å². The SMILES string of the molecule is CCCNC1c2ccccc2CCC1C1CCS(=O)(=O)C1. The van der Waals surface area contributed by atoms with Crippen molar-refractivity contribution in [2.45, 2.75) is 38.6 Å². The first-order valence-electron chi connectivity index (χ1n) is 8.12. The van der Waals surface area contributed by atoms with Crippen molar-refractivity contribution >= 4 is 9.84 Å². The lowest BCUT2D eigenvalue weighted by Crippen LogP contribution is -2.37. The van der Waals surface area contributed by atoms with Gasteiger partial charge in [-0.15, -0.1) is 0 Å². The minimum Gasteiger partial charge on any atom is -0.310 e. The molecule has 0 spiro atoms. The lowest BCUT2D eigenvalue weighted by molar-refractivity contribution is 0.238. The minimum absolute atomic E-state index is 0.327. The maximum Gasteiger partial charge on any atom is 0.150 e. The van der Waals surface area contributed by atoms with E-state index < -0.39 is 9.84 Å². The molecule has 1 aliphatic carbocycles. The van der Waals surface area contributed by atoms with Crippen molar-refractivity contribution in [1.29, 1.82) is 0 Å². The number of fused-ring (bicyclic) bond motifs is 1. The first-order valence-corrected chi connectivity index (χ1v) is 9.94. The second-order valence-electron chi connectivity index (χ2n) is 6.50. The third kappa shape index (κ3) is 3.16. The summed E-state index contributed by atoms with van der Waals surface area (Å²) in [6.45, 7) is 3.17. The van der Waals surface area contributed by atoms with Crippen LogP contribution in [0.4, 0.5) is 0 Å². The van der Waals surface area contributed by atoms with Gasteiger partial charge in [-0.25, -0.2) is 8.42 Å². The van der Waals surface area contributed by atoms with Crippen molar-refractivity contribution < 1.29 is 8.42 Å². The zero-order valence-corrected chi connectivity index (χ0v) is 13.5. The molecule has 0 saturated carbocycles. The van der Waals surface area contributed by atoms with Gasteiger partial charge in [-0.05, 0) is 55.2 Å². The van der Waals surface area contributed by atoms with Crippen molar-refractivity contribution in [3.8, 4) is 0 Å². The van der Waals surface area contributed by atoms with Crippen molar-refractivity contribution in [3.63, 3.8) is 0 Å². The third-order valence-corrected chi connectivity index (χ3v) is 6.85. The predicted octanol–water partition coefficient (Wildman–Crippen LogP) is 2.72. The summed E-state index contributed by atoms with van der Waals surface area (Å²) in [5, 5.41) is 3.69. The lowest BCUT2D eigenvalue weighted by Gasteiger charge is -2.37. The summed E-state index contributed by atoms with van der Waals surface area (Å²) in [5.74, 6) is 1.57. The number of hydrogen-bond acceptors (Lipinski definition) is 3. The van der Waals surface area contributed by atoms with Crippen LogP contribution in [-0.2, 0) is 16.3 Å². The Morgan fingerprint density at radius 3 is 2.76 bits per heavy atom. The molecule has 0 aromatic heterocycles. The summed E-state index contributed by atoms with van der Waals surface area (Å²) in [6.07, 6.45) is 4.15. The van der Waals surface area contributed by atoms with Gasteiger partial charge in [0.25, 0.3) is 0 Å². The van der Waals surface area contributed by atoms with E-state index in [1.807, 2.05) is 0 Å². The summed E-state index contributed by atoms with van der Waals surface area (Å²) in [7, 11) is -2.79. The molecule has 3 unspecified atom stereocenters. The van der Waals surface area contributed by atoms with Gasteiger partial charge in [-0.1, -0.05) is 31.2 Å². The summed E-state index contributed by atoms with van der Waals surface area (Å²) in [4.78, 5) is 0. The molecular formula is C17H25NO2S. The van der Waals surface area contributed by atoms with E-state index in [-0.39, 0.29) is 0 Å². The molecule has 1 aromatic carbocycles. The zero-order valence-electron chi connectivity index (χ0n) is 12.7. The van der Waals surface area contributed by atoms with E-state index in [9.17, 15) is 8.42 Å². The summed E-state index contributed by atoms with van der Waals surface area (Å²) < 4.78 is 23.7. The Balaban J connectivity index is 1.86. The van der Waals surface area contributed by atoms with Gasteiger partial charge >= 0.3 is 0 Å². The molecule has 3 nitrogen and oxygen atoms in total. The van der Waals surface area contributed by atoms with E-state index in [0.29, 0.717) is 29.4 Å². The number of benzene rings is 1. The fraction of sp³-hybridized carbons (Fsp3) is 0.647. The molecule has 2 aliphatic rings. The van der Waals surface area contributed by atoms with Gasteiger partial charge in [-0.2, -0.15) is 0 Å². The molecule has 0 amide bonds. The zero-order chi connectivity index (χ0) is 14.9. The summed E-state index contributed by atoms with van der Waals surface area (Å²) in [6, 6.07) is 8.98. The molecule has 0 radical (unpaired) electrons. The Morgan fingerprint density at radius 1 is 1.24 bits per heavy atom. The highest BCUT2D eigenvalue weighted by Crippen LogP contribution is 2.42. The molecule has 1 saturated heterocycles. The van der Waals surface area contributed by atoms with Crippen LogP contribution in [0.3, 0.4) is 0 Å². The molecular weight excluding hydrogens is 282 g/mol.